The number of nitrogens with one attached hydrogen (secondary N) is 2. The number of hydrogen-bond acceptors (Lipinski definition) is 5. The van der Waals surface area contributed by atoms with Crippen LogP contribution in [-0.2, 0) is 19.1 Å². The average Bonchev–Trinajstić information content (AvgIpc) is 2.68. The van der Waals surface area contributed by atoms with Crippen LogP contribution in [0.2, 0.25) is 0 Å². The highest BCUT2D eigenvalue weighted by Gasteiger charge is 2.35. The number of hydrogen-bond donors (Lipinski definition) is 2. The monoisotopic (exact) mass is 297 g/mol. The second-order valence-electron chi connectivity index (χ2n) is 5.39. The van der Waals surface area contributed by atoms with E-state index >= 15 is 0 Å². The minimum atomic E-state index is -1.13. The van der Waals surface area contributed by atoms with E-state index in [0.29, 0.717) is 0 Å². The van der Waals surface area contributed by atoms with Gasteiger partial charge in [0.2, 0.25) is 5.91 Å². The molecule has 0 saturated carbocycles. The first kappa shape index (κ1) is 16.7. The Kier molecular flexibility index (Phi) is 5.07. The average molecular weight is 297 g/mol. The summed E-state index contributed by atoms with van der Waals surface area (Å²) in [7, 11) is 1.38. The maximum Gasteiger partial charge on any atom is 0.407 e. The molecule has 116 valence electrons. The normalized spacial score (nSPS) is 15.9. The van der Waals surface area contributed by atoms with Crippen molar-refractivity contribution in [2.75, 3.05) is 13.6 Å². The summed E-state index contributed by atoms with van der Waals surface area (Å²) >= 11 is 0. The van der Waals surface area contributed by atoms with E-state index in [1.165, 1.54) is 7.05 Å². The van der Waals surface area contributed by atoms with Gasteiger partial charge in [-0.3, -0.25) is 19.3 Å². The predicted molar refractivity (Wildman–Crippen MR) is 73.1 cm³/mol. The van der Waals surface area contributed by atoms with Crippen molar-refractivity contribution in [1.82, 2.24) is 15.5 Å². The van der Waals surface area contributed by atoms with Crippen LogP contribution in [0.25, 0.3) is 0 Å². The van der Waals surface area contributed by atoms with Crippen molar-refractivity contribution >= 4 is 23.8 Å². The van der Waals surface area contributed by atoms with Gasteiger partial charge in [0.05, 0.1) is 6.54 Å². The minimum absolute atomic E-state index is 0.228. The number of ether oxygens (including phenoxy) is 1. The highest BCUT2D eigenvalue weighted by atomic mass is 16.6. The van der Waals surface area contributed by atoms with Crippen molar-refractivity contribution in [3.63, 3.8) is 0 Å². The molecular formula is C13H19N3O5. The van der Waals surface area contributed by atoms with Gasteiger partial charge in [-0.25, -0.2) is 4.79 Å². The molecule has 0 aliphatic carbocycles. The fraction of sp³-hybridized carbons (Fsp3) is 0.538. The number of carbonyl (C=O) groups is 4. The van der Waals surface area contributed by atoms with Crippen molar-refractivity contribution in [3.05, 3.63) is 12.2 Å². The zero-order valence-electron chi connectivity index (χ0n) is 12.4. The number of carbonyl (C=O) groups excluding carboxylic acids is 4. The van der Waals surface area contributed by atoms with E-state index in [1.54, 1.807) is 20.8 Å². The molecular weight excluding hydrogens is 278 g/mol. The number of amides is 4. The van der Waals surface area contributed by atoms with Crippen molar-refractivity contribution in [3.8, 4) is 0 Å². The summed E-state index contributed by atoms with van der Waals surface area (Å²) < 4.78 is 5.03. The summed E-state index contributed by atoms with van der Waals surface area (Å²) in [6, 6.07) is -1.13. The molecule has 0 saturated heterocycles. The minimum Gasteiger partial charge on any atom is -0.444 e. The zero-order chi connectivity index (χ0) is 16.2. The molecule has 0 radical (unpaired) electrons. The molecule has 21 heavy (non-hydrogen) atoms. The van der Waals surface area contributed by atoms with E-state index in [4.69, 9.17) is 4.74 Å². The topological polar surface area (TPSA) is 105 Å². The lowest BCUT2D eigenvalue weighted by molar-refractivity contribution is -0.145. The Labute approximate surface area is 122 Å². The Bertz CT molecular complexity index is 475. The summed E-state index contributed by atoms with van der Waals surface area (Å²) in [5.41, 5.74) is -0.687. The first-order valence-corrected chi connectivity index (χ1v) is 6.39. The van der Waals surface area contributed by atoms with Crippen molar-refractivity contribution < 1.29 is 23.9 Å². The molecule has 0 unspecified atom stereocenters. The lowest BCUT2D eigenvalue weighted by Crippen LogP contribution is -2.54. The van der Waals surface area contributed by atoms with Crippen LogP contribution in [0.1, 0.15) is 20.8 Å². The van der Waals surface area contributed by atoms with E-state index < -0.39 is 35.5 Å². The Morgan fingerprint density at radius 3 is 2.19 bits per heavy atom. The summed E-state index contributed by atoms with van der Waals surface area (Å²) in [6.45, 7) is 4.86. The Morgan fingerprint density at radius 2 is 1.76 bits per heavy atom. The van der Waals surface area contributed by atoms with Gasteiger partial charge < -0.3 is 15.4 Å². The first-order valence-electron chi connectivity index (χ1n) is 6.39. The molecule has 8 heteroatoms. The summed E-state index contributed by atoms with van der Waals surface area (Å²) in [5, 5.41) is 4.73. The summed E-state index contributed by atoms with van der Waals surface area (Å²) in [5.74, 6) is -1.75. The van der Waals surface area contributed by atoms with Crippen LogP contribution in [0.3, 0.4) is 0 Å². The van der Waals surface area contributed by atoms with Crippen molar-refractivity contribution in [1.29, 1.82) is 0 Å². The molecule has 2 N–H and O–H groups in total. The lowest BCUT2D eigenvalue weighted by Gasteiger charge is -2.26. The van der Waals surface area contributed by atoms with Gasteiger partial charge in [-0.05, 0) is 20.8 Å². The third-order valence-corrected chi connectivity index (χ3v) is 2.54. The van der Waals surface area contributed by atoms with Crippen LogP contribution < -0.4 is 10.6 Å². The molecule has 0 aromatic rings. The molecule has 1 atom stereocenters. The van der Waals surface area contributed by atoms with Gasteiger partial charge in [0.15, 0.2) is 0 Å². The highest BCUT2D eigenvalue weighted by molar-refractivity contribution is 6.15. The fourth-order valence-electron chi connectivity index (χ4n) is 1.68. The first-order chi connectivity index (χ1) is 9.65. The fourth-order valence-corrected chi connectivity index (χ4v) is 1.68. The quantitative estimate of drug-likeness (QED) is 0.684. The second kappa shape index (κ2) is 6.38. The standard InChI is InChI=1S/C13H19N3O5/c1-13(2,3)21-12(20)15-7-8(11(19)14-4)16-9(17)5-6-10(16)18/h5-6,8H,7H2,1-4H3,(H,14,19)(H,15,20)/t8-/m0/s1. The van der Waals surface area contributed by atoms with Crippen LogP contribution >= 0.6 is 0 Å². The van der Waals surface area contributed by atoms with E-state index in [9.17, 15) is 19.2 Å². The third-order valence-electron chi connectivity index (χ3n) is 2.54. The van der Waals surface area contributed by atoms with E-state index in [2.05, 4.69) is 10.6 Å². The number of nitrogens with zero attached hydrogens (tertiary/aromatic N) is 1. The Hall–Kier alpha value is -2.38. The van der Waals surface area contributed by atoms with Gasteiger partial charge >= 0.3 is 6.09 Å². The zero-order valence-corrected chi connectivity index (χ0v) is 12.4. The van der Waals surface area contributed by atoms with Crippen molar-refractivity contribution in [2.45, 2.75) is 32.4 Å². The van der Waals surface area contributed by atoms with E-state index in [1.807, 2.05) is 0 Å². The molecule has 0 fully saturated rings. The smallest absolute Gasteiger partial charge is 0.407 e. The van der Waals surface area contributed by atoms with Gasteiger partial charge in [0, 0.05) is 19.2 Å². The van der Waals surface area contributed by atoms with Crippen LogP contribution in [-0.4, -0.2) is 54.0 Å². The number of rotatable bonds is 4. The van der Waals surface area contributed by atoms with Gasteiger partial charge in [-0.2, -0.15) is 0 Å². The molecule has 0 aromatic heterocycles. The summed E-state index contributed by atoms with van der Waals surface area (Å²) in [4.78, 5) is 47.4. The number of imide groups is 1. The molecule has 1 heterocycles. The maximum absolute atomic E-state index is 11.8. The highest BCUT2D eigenvalue weighted by Crippen LogP contribution is 2.10. The molecule has 0 spiro atoms. The van der Waals surface area contributed by atoms with Gasteiger partial charge in [0.25, 0.3) is 11.8 Å². The molecule has 4 amide bonds. The number of likely N-dealkylation sites (N-methyl/N-ethyl adjacent to an activating group) is 1. The van der Waals surface area contributed by atoms with Crippen LogP contribution in [0, 0.1) is 0 Å². The molecule has 1 aliphatic rings. The van der Waals surface area contributed by atoms with E-state index in [-0.39, 0.29) is 6.54 Å². The molecule has 1 aliphatic heterocycles. The Balaban J connectivity index is 2.73. The van der Waals surface area contributed by atoms with Gasteiger partial charge in [-0.15, -0.1) is 0 Å². The Morgan fingerprint density at radius 1 is 1.24 bits per heavy atom. The largest absolute Gasteiger partial charge is 0.444 e. The van der Waals surface area contributed by atoms with Crippen LogP contribution in [0.4, 0.5) is 4.79 Å². The van der Waals surface area contributed by atoms with Crippen LogP contribution in [0.5, 0.6) is 0 Å². The van der Waals surface area contributed by atoms with Gasteiger partial charge in [0.1, 0.15) is 11.6 Å². The SMILES string of the molecule is CNC(=O)[C@H](CNC(=O)OC(C)(C)C)N1C(=O)C=CC1=O. The maximum atomic E-state index is 11.8. The molecule has 8 nitrogen and oxygen atoms in total. The van der Waals surface area contributed by atoms with E-state index in [0.717, 1.165) is 17.1 Å². The summed E-state index contributed by atoms with van der Waals surface area (Å²) in [6.07, 6.45) is 1.42. The van der Waals surface area contributed by atoms with Crippen LogP contribution in [0.15, 0.2) is 12.2 Å². The lowest BCUT2D eigenvalue weighted by atomic mass is 10.2. The molecule has 0 aromatic carbocycles. The molecule has 1 rings (SSSR count). The third kappa shape index (κ3) is 4.59. The number of alkyl carbamates (subject to hydrolysis) is 1. The van der Waals surface area contributed by atoms with Gasteiger partial charge in [-0.1, -0.05) is 0 Å². The predicted octanol–water partition coefficient (Wildman–Crippen LogP) is -0.449. The second-order valence-corrected chi connectivity index (χ2v) is 5.39. The molecule has 0 bridgehead atoms. The van der Waals surface area contributed by atoms with Crippen molar-refractivity contribution in [2.24, 2.45) is 0 Å².